The largest absolute Gasteiger partial charge is 0.468 e. The lowest BCUT2D eigenvalue weighted by atomic mass is 10.1. The van der Waals surface area contributed by atoms with Crippen molar-refractivity contribution >= 4 is 11.9 Å². The Morgan fingerprint density at radius 3 is 2.44 bits per heavy atom. The van der Waals surface area contributed by atoms with Gasteiger partial charge in [0.2, 0.25) is 5.91 Å². The van der Waals surface area contributed by atoms with E-state index in [0.29, 0.717) is 25.3 Å². The summed E-state index contributed by atoms with van der Waals surface area (Å²) in [6, 6.07) is 0. The average Bonchev–Trinajstić information content (AvgIpc) is 3.03. The molecular formula is C12H21NO3. The molecule has 0 aliphatic heterocycles. The van der Waals surface area contributed by atoms with Gasteiger partial charge >= 0.3 is 5.97 Å². The van der Waals surface area contributed by atoms with Crippen molar-refractivity contribution < 1.29 is 14.3 Å². The number of carbonyl (C=O) groups excluding carboxylic acids is 2. The molecule has 0 spiro atoms. The van der Waals surface area contributed by atoms with Gasteiger partial charge in [-0.1, -0.05) is 13.8 Å². The molecule has 1 N–H and O–H groups in total. The highest BCUT2D eigenvalue weighted by Gasteiger charge is 2.57. The van der Waals surface area contributed by atoms with Crippen molar-refractivity contribution in [3.8, 4) is 0 Å². The molecule has 0 unspecified atom stereocenters. The van der Waals surface area contributed by atoms with E-state index in [2.05, 4.69) is 23.9 Å². The minimum Gasteiger partial charge on any atom is -0.468 e. The summed E-state index contributed by atoms with van der Waals surface area (Å²) in [5, 5.41) is 2.82. The van der Waals surface area contributed by atoms with E-state index in [1.54, 1.807) is 0 Å². The monoisotopic (exact) mass is 227 g/mol. The first-order valence-corrected chi connectivity index (χ1v) is 5.89. The van der Waals surface area contributed by atoms with Crippen molar-refractivity contribution in [2.24, 2.45) is 11.3 Å². The average molecular weight is 227 g/mol. The fourth-order valence-corrected chi connectivity index (χ4v) is 1.73. The number of carbonyl (C=O) groups is 2. The molecule has 0 bridgehead atoms. The lowest BCUT2D eigenvalue weighted by Gasteiger charge is -2.13. The zero-order valence-corrected chi connectivity index (χ0v) is 10.3. The number of hydrogen-bond donors (Lipinski definition) is 1. The van der Waals surface area contributed by atoms with Gasteiger partial charge in [0.15, 0.2) is 0 Å². The summed E-state index contributed by atoms with van der Waals surface area (Å²) in [6.45, 7) is 4.95. The molecule has 1 amide bonds. The number of ether oxygens (including phenoxy) is 1. The molecule has 1 aliphatic carbocycles. The van der Waals surface area contributed by atoms with Gasteiger partial charge in [-0.05, 0) is 31.6 Å². The lowest BCUT2D eigenvalue weighted by Crippen LogP contribution is -2.38. The Balaban J connectivity index is 2.28. The Labute approximate surface area is 96.7 Å². The number of hydrogen-bond acceptors (Lipinski definition) is 3. The second-order valence-corrected chi connectivity index (χ2v) is 4.87. The van der Waals surface area contributed by atoms with Crippen LogP contribution < -0.4 is 5.32 Å². The van der Waals surface area contributed by atoms with E-state index >= 15 is 0 Å². The van der Waals surface area contributed by atoms with Gasteiger partial charge in [0.25, 0.3) is 0 Å². The first-order chi connectivity index (χ1) is 7.53. The van der Waals surface area contributed by atoms with Crippen molar-refractivity contribution in [1.29, 1.82) is 0 Å². The number of rotatable bonds is 6. The van der Waals surface area contributed by atoms with E-state index in [1.165, 1.54) is 7.11 Å². The van der Waals surface area contributed by atoms with Gasteiger partial charge < -0.3 is 10.1 Å². The number of esters is 1. The maximum absolute atomic E-state index is 11.8. The van der Waals surface area contributed by atoms with E-state index in [9.17, 15) is 9.59 Å². The van der Waals surface area contributed by atoms with Crippen LogP contribution in [0.3, 0.4) is 0 Å². The summed E-state index contributed by atoms with van der Waals surface area (Å²) in [7, 11) is 1.33. The third-order valence-corrected chi connectivity index (χ3v) is 3.00. The summed E-state index contributed by atoms with van der Waals surface area (Å²) in [6.07, 6.45) is 3.29. The van der Waals surface area contributed by atoms with E-state index < -0.39 is 11.4 Å². The Morgan fingerprint density at radius 2 is 2.00 bits per heavy atom. The topological polar surface area (TPSA) is 55.4 Å². The lowest BCUT2D eigenvalue weighted by molar-refractivity contribution is -0.152. The summed E-state index contributed by atoms with van der Waals surface area (Å²) in [5.74, 6) is 0.0874. The SMILES string of the molecule is COC(=O)C1(C(=O)NCCCC(C)C)CC1. The molecule has 0 atom stereocenters. The molecular weight excluding hydrogens is 206 g/mol. The number of nitrogens with one attached hydrogen (secondary N) is 1. The standard InChI is InChI=1S/C12H21NO3/c1-9(2)5-4-8-13-10(14)12(6-7-12)11(15)16-3/h9H,4-8H2,1-3H3,(H,13,14). The smallest absolute Gasteiger partial charge is 0.321 e. The molecule has 0 saturated heterocycles. The van der Waals surface area contributed by atoms with Crippen molar-refractivity contribution in [1.82, 2.24) is 5.32 Å². The maximum atomic E-state index is 11.8. The summed E-state index contributed by atoms with van der Waals surface area (Å²) in [5.41, 5.74) is -0.855. The highest BCUT2D eigenvalue weighted by molar-refractivity contribution is 6.05. The first kappa shape index (κ1) is 13.0. The fourth-order valence-electron chi connectivity index (χ4n) is 1.73. The van der Waals surface area contributed by atoms with Gasteiger partial charge in [-0.3, -0.25) is 9.59 Å². The Bertz CT molecular complexity index is 269. The quantitative estimate of drug-likeness (QED) is 0.425. The molecule has 4 nitrogen and oxygen atoms in total. The minimum atomic E-state index is -0.855. The second-order valence-electron chi connectivity index (χ2n) is 4.87. The van der Waals surface area contributed by atoms with Crippen LogP contribution in [0.25, 0.3) is 0 Å². The highest BCUT2D eigenvalue weighted by Crippen LogP contribution is 2.46. The van der Waals surface area contributed by atoms with E-state index in [-0.39, 0.29) is 5.91 Å². The van der Waals surface area contributed by atoms with Crippen LogP contribution in [-0.4, -0.2) is 25.5 Å². The molecule has 1 rings (SSSR count). The molecule has 1 aliphatic rings. The molecule has 16 heavy (non-hydrogen) atoms. The first-order valence-electron chi connectivity index (χ1n) is 5.89. The number of methoxy groups -OCH3 is 1. The fraction of sp³-hybridized carbons (Fsp3) is 0.833. The van der Waals surface area contributed by atoms with Gasteiger partial charge in [-0.15, -0.1) is 0 Å². The molecule has 1 saturated carbocycles. The van der Waals surface area contributed by atoms with E-state index in [4.69, 9.17) is 0 Å². The minimum absolute atomic E-state index is 0.164. The maximum Gasteiger partial charge on any atom is 0.321 e. The van der Waals surface area contributed by atoms with Crippen LogP contribution in [0.2, 0.25) is 0 Å². The van der Waals surface area contributed by atoms with Crippen molar-refractivity contribution in [3.63, 3.8) is 0 Å². The molecule has 0 aromatic heterocycles. The van der Waals surface area contributed by atoms with Crippen LogP contribution in [0.4, 0.5) is 0 Å². The van der Waals surface area contributed by atoms with E-state index in [0.717, 1.165) is 12.8 Å². The molecule has 0 aromatic carbocycles. The predicted octanol–water partition coefficient (Wildman–Crippen LogP) is 1.49. The van der Waals surface area contributed by atoms with Gasteiger partial charge in [-0.25, -0.2) is 0 Å². The summed E-state index contributed by atoms with van der Waals surface area (Å²) >= 11 is 0. The van der Waals surface area contributed by atoms with Crippen molar-refractivity contribution in [2.45, 2.75) is 39.5 Å². The molecule has 0 radical (unpaired) electrons. The Kier molecular flexibility index (Phi) is 4.33. The van der Waals surface area contributed by atoms with Crippen LogP contribution >= 0.6 is 0 Å². The molecule has 0 aromatic rings. The zero-order chi connectivity index (χ0) is 12.2. The summed E-state index contributed by atoms with van der Waals surface area (Å²) < 4.78 is 4.64. The van der Waals surface area contributed by atoms with Crippen LogP contribution in [0.5, 0.6) is 0 Å². The van der Waals surface area contributed by atoms with Gasteiger partial charge in [0, 0.05) is 6.54 Å². The third kappa shape index (κ3) is 2.97. The Hall–Kier alpha value is -1.06. The van der Waals surface area contributed by atoms with Crippen molar-refractivity contribution in [3.05, 3.63) is 0 Å². The zero-order valence-electron chi connectivity index (χ0n) is 10.3. The highest BCUT2D eigenvalue weighted by atomic mass is 16.5. The molecule has 92 valence electrons. The van der Waals surface area contributed by atoms with Crippen LogP contribution in [0, 0.1) is 11.3 Å². The number of amides is 1. The van der Waals surface area contributed by atoms with Crippen LogP contribution in [0.1, 0.15) is 39.5 Å². The van der Waals surface area contributed by atoms with Gasteiger partial charge in [0.05, 0.1) is 7.11 Å². The molecule has 4 heteroatoms. The second kappa shape index (κ2) is 5.32. The predicted molar refractivity (Wildman–Crippen MR) is 60.8 cm³/mol. The van der Waals surface area contributed by atoms with Gasteiger partial charge in [-0.2, -0.15) is 0 Å². The molecule has 0 heterocycles. The summed E-state index contributed by atoms with van der Waals surface area (Å²) in [4.78, 5) is 23.2. The third-order valence-electron chi connectivity index (χ3n) is 3.00. The van der Waals surface area contributed by atoms with Gasteiger partial charge in [0.1, 0.15) is 5.41 Å². The van der Waals surface area contributed by atoms with Crippen LogP contribution in [0.15, 0.2) is 0 Å². The molecule has 1 fully saturated rings. The van der Waals surface area contributed by atoms with Crippen LogP contribution in [-0.2, 0) is 14.3 Å². The normalized spacial score (nSPS) is 17.0. The van der Waals surface area contributed by atoms with E-state index in [1.807, 2.05) is 0 Å². The van der Waals surface area contributed by atoms with Crippen molar-refractivity contribution in [2.75, 3.05) is 13.7 Å². The Morgan fingerprint density at radius 1 is 1.38 bits per heavy atom.